The Balaban J connectivity index is 1.91. The van der Waals surface area contributed by atoms with Gasteiger partial charge in [0.1, 0.15) is 5.69 Å². The minimum Gasteiger partial charge on any atom is -0.481 e. The lowest BCUT2D eigenvalue weighted by Crippen LogP contribution is -2.15. The van der Waals surface area contributed by atoms with Crippen LogP contribution in [-0.4, -0.2) is 31.7 Å². The number of carbonyl (C=O) groups is 2. The molecule has 106 valence electrons. The SMILES string of the molecule is Cn1nccc1C(=O)Nc1nc(CCCC(=O)O)cs1. The summed E-state index contributed by atoms with van der Waals surface area (Å²) in [4.78, 5) is 26.6. The van der Waals surface area contributed by atoms with Gasteiger partial charge in [0.25, 0.3) is 5.91 Å². The van der Waals surface area contributed by atoms with Gasteiger partial charge in [-0.25, -0.2) is 4.98 Å². The number of anilines is 1. The maximum Gasteiger partial charge on any atom is 0.303 e. The summed E-state index contributed by atoms with van der Waals surface area (Å²) in [6.07, 6.45) is 2.79. The molecule has 0 unspecified atom stereocenters. The normalized spacial score (nSPS) is 10.4. The van der Waals surface area contributed by atoms with Gasteiger partial charge >= 0.3 is 5.97 Å². The molecule has 7 nitrogen and oxygen atoms in total. The lowest BCUT2D eigenvalue weighted by Gasteiger charge is -2.01. The van der Waals surface area contributed by atoms with Crippen molar-refractivity contribution in [2.75, 3.05) is 5.32 Å². The fraction of sp³-hybridized carbons (Fsp3) is 0.333. The Morgan fingerprint density at radius 3 is 2.95 bits per heavy atom. The van der Waals surface area contributed by atoms with E-state index in [4.69, 9.17) is 5.11 Å². The number of carboxylic acid groups (broad SMARTS) is 1. The molecular formula is C12H14N4O3S. The Bertz CT molecular complexity index is 620. The molecule has 1 amide bonds. The van der Waals surface area contributed by atoms with Crippen molar-refractivity contribution in [3.63, 3.8) is 0 Å². The third-order valence-corrected chi connectivity index (χ3v) is 3.46. The molecule has 2 heterocycles. The van der Waals surface area contributed by atoms with E-state index in [-0.39, 0.29) is 12.3 Å². The quantitative estimate of drug-likeness (QED) is 0.842. The Morgan fingerprint density at radius 2 is 2.30 bits per heavy atom. The fourth-order valence-electron chi connectivity index (χ4n) is 1.66. The van der Waals surface area contributed by atoms with Crippen LogP contribution in [0.4, 0.5) is 5.13 Å². The highest BCUT2D eigenvalue weighted by Gasteiger charge is 2.12. The number of aliphatic carboxylic acids is 1. The Morgan fingerprint density at radius 1 is 1.50 bits per heavy atom. The van der Waals surface area contributed by atoms with Gasteiger partial charge in [0, 0.05) is 25.0 Å². The molecule has 0 spiro atoms. The van der Waals surface area contributed by atoms with Crippen LogP contribution >= 0.6 is 11.3 Å². The van der Waals surface area contributed by atoms with E-state index in [9.17, 15) is 9.59 Å². The molecule has 2 aromatic rings. The van der Waals surface area contributed by atoms with Gasteiger partial charge in [0.2, 0.25) is 0 Å². The highest BCUT2D eigenvalue weighted by atomic mass is 32.1. The monoisotopic (exact) mass is 294 g/mol. The van der Waals surface area contributed by atoms with Crippen LogP contribution in [0.3, 0.4) is 0 Å². The number of thiazole rings is 1. The van der Waals surface area contributed by atoms with Gasteiger partial charge in [-0.1, -0.05) is 0 Å². The predicted octanol–water partition coefficient (Wildman–Crippen LogP) is 1.54. The minimum atomic E-state index is -0.815. The summed E-state index contributed by atoms with van der Waals surface area (Å²) in [5.41, 5.74) is 1.24. The molecule has 2 rings (SSSR count). The van der Waals surface area contributed by atoms with E-state index in [2.05, 4.69) is 15.4 Å². The zero-order valence-corrected chi connectivity index (χ0v) is 11.7. The van der Waals surface area contributed by atoms with Crippen molar-refractivity contribution >= 4 is 28.3 Å². The summed E-state index contributed by atoms with van der Waals surface area (Å²) < 4.78 is 1.48. The Hall–Kier alpha value is -2.22. The molecule has 0 aliphatic rings. The van der Waals surface area contributed by atoms with Crippen LogP contribution in [0, 0.1) is 0 Å². The van der Waals surface area contributed by atoms with Crippen LogP contribution in [0.15, 0.2) is 17.6 Å². The molecule has 0 atom stereocenters. The van der Waals surface area contributed by atoms with Crippen LogP contribution < -0.4 is 5.32 Å². The van der Waals surface area contributed by atoms with E-state index >= 15 is 0 Å². The lowest BCUT2D eigenvalue weighted by molar-refractivity contribution is -0.137. The van der Waals surface area contributed by atoms with E-state index in [1.807, 2.05) is 5.38 Å². The fourth-order valence-corrected chi connectivity index (χ4v) is 2.40. The summed E-state index contributed by atoms with van der Waals surface area (Å²) in [7, 11) is 1.69. The number of aryl methyl sites for hydroxylation is 2. The number of aromatic nitrogens is 3. The molecular weight excluding hydrogens is 280 g/mol. The molecule has 8 heteroatoms. The van der Waals surface area contributed by atoms with E-state index in [1.54, 1.807) is 19.3 Å². The van der Waals surface area contributed by atoms with Crippen molar-refractivity contribution in [1.82, 2.24) is 14.8 Å². The Kier molecular flexibility index (Phi) is 4.46. The number of hydrogen-bond donors (Lipinski definition) is 2. The van der Waals surface area contributed by atoms with Gasteiger partial charge in [-0.3, -0.25) is 19.6 Å². The smallest absolute Gasteiger partial charge is 0.303 e. The standard InChI is InChI=1S/C12H14N4O3S/c1-16-9(5-6-13-16)11(19)15-12-14-8(7-20-12)3-2-4-10(17)18/h5-7H,2-4H2,1H3,(H,17,18)(H,14,15,19). The molecule has 0 aromatic carbocycles. The second-order valence-electron chi connectivity index (χ2n) is 4.19. The number of rotatable bonds is 6. The summed E-state index contributed by atoms with van der Waals surface area (Å²) >= 11 is 1.32. The zero-order chi connectivity index (χ0) is 14.5. The van der Waals surface area contributed by atoms with Crippen molar-refractivity contribution in [3.8, 4) is 0 Å². The molecule has 0 bridgehead atoms. The first-order valence-electron chi connectivity index (χ1n) is 6.02. The van der Waals surface area contributed by atoms with Crippen LogP contribution in [0.25, 0.3) is 0 Å². The number of nitrogens with one attached hydrogen (secondary N) is 1. The van der Waals surface area contributed by atoms with Gasteiger partial charge < -0.3 is 5.11 Å². The van der Waals surface area contributed by atoms with Gasteiger partial charge in [0.05, 0.1) is 5.69 Å². The molecule has 0 aliphatic carbocycles. The maximum absolute atomic E-state index is 11.9. The van der Waals surface area contributed by atoms with Gasteiger partial charge in [-0.05, 0) is 18.9 Å². The minimum absolute atomic E-state index is 0.119. The molecule has 20 heavy (non-hydrogen) atoms. The molecule has 2 aromatic heterocycles. The molecule has 0 aliphatic heterocycles. The summed E-state index contributed by atoms with van der Waals surface area (Å²) in [5, 5.41) is 17.5. The second-order valence-corrected chi connectivity index (χ2v) is 5.04. The molecule has 0 fully saturated rings. The van der Waals surface area contributed by atoms with E-state index in [0.29, 0.717) is 23.7 Å². The van der Waals surface area contributed by atoms with Gasteiger partial charge in [-0.15, -0.1) is 11.3 Å². The average molecular weight is 294 g/mol. The maximum atomic E-state index is 11.9. The third-order valence-electron chi connectivity index (χ3n) is 2.65. The van der Waals surface area contributed by atoms with Crippen molar-refractivity contribution in [2.45, 2.75) is 19.3 Å². The number of amides is 1. The Labute approximate surface area is 119 Å². The molecule has 2 N–H and O–H groups in total. The van der Waals surface area contributed by atoms with Crippen LogP contribution in [0.5, 0.6) is 0 Å². The predicted molar refractivity (Wildman–Crippen MR) is 73.8 cm³/mol. The van der Waals surface area contributed by atoms with Gasteiger partial charge in [0.15, 0.2) is 5.13 Å². The number of nitrogens with zero attached hydrogens (tertiary/aromatic N) is 3. The first-order chi connectivity index (χ1) is 9.56. The number of hydrogen-bond acceptors (Lipinski definition) is 5. The van der Waals surface area contributed by atoms with Crippen LogP contribution in [0.1, 0.15) is 29.0 Å². The highest BCUT2D eigenvalue weighted by Crippen LogP contribution is 2.17. The first kappa shape index (κ1) is 14.2. The average Bonchev–Trinajstić information content (AvgIpc) is 2.98. The summed E-state index contributed by atoms with van der Waals surface area (Å²) in [6.45, 7) is 0. The zero-order valence-electron chi connectivity index (χ0n) is 10.9. The number of carboxylic acids is 1. The number of carbonyl (C=O) groups excluding carboxylic acids is 1. The van der Waals surface area contributed by atoms with E-state index < -0.39 is 5.97 Å². The van der Waals surface area contributed by atoms with Crippen LogP contribution in [-0.2, 0) is 18.3 Å². The third kappa shape index (κ3) is 3.64. The van der Waals surface area contributed by atoms with Crippen LogP contribution in [0.2, 0.25) is 0 Å². The van der Waals surface area contributed by atoms with Crippen molar-refractivity contribution < 1.29 is 14.7 Å². The lowest BCUT2D eigenvalue weighted by atomic mass is 10.2. The molecule has 0 saturated heterocycles. The van der Waals surface area contributed by atoms with Crippen molar-refractivity contribution in [1.29, 1.82) is 0 Å². The van der Waals surface area contributed by atoms with Gasteiger partial charge in [-0.2, -0.15) is 5.10 Å². The molecule has 0 radical (unpaired) electrons. The second kappa shape index (κ2) is 6.29. The highest BCUT2D eigenvalue weighted by molar-refractivity contribution is 7.13. The largest absolute Gasteiger partial charge is 0.481 e. The van der Waals surface area contributed by atoms with E-state index in [1.165, 1.54) is 16.0 Å². The van der Waals surface area contributed by atoms with E-state index in [0.717, 1.165) is 5.69 Å². The van der Waals surface area contributed by atoms with Crippen molar-refractivity contribution in [3.05, 3.63) is 29.0 Å². The topological polar surface area (TPSA) is 97.1 Å². The molecule has 0 saturated carbocycles. The summed E-state index contributed by atoms with van der Waals surface area (Å²) in [6, 6.07) is 1.62. The summed E-state index contributed by atoms with van der Waals surface area (Å²) in [5.74, 6) is -1.08. The van der Waals surface area contributed by atoms with Crippen molar-refractivity contribution in [2.24, 2.45) is 7.05 Å². The first-order valence-corrected chi connectivity index (χ1v) is 6.90.